The molecule has 0 aliphatic carbocycles. The molecule has 1 aliphatic rings. The highest BCUT2D eigenvalue weighted by Crippen LogP contribution is 2.21. The maximum absolute atomic E-state index is 12.3. The Morgan fingerprint density at radius 2 is 2.00 bits per heavy atom. The molecule has 106 valence electrons. The Morgan fingerprint density at radius 3 is 2.47 bits per heavy atom. The van der Waals surface area contributed by atoms with E-state index in [-0.39, 0.29) is 22.3 Å². The van der Waals surface area contributed by atoms with E-state index in [9.17, 15) is 13.2 Å². The number of hydrogen-bond acceptors (Lipinski definition) is 5. The van der Waals surface area contributed by atoms with Crippen molar-refractivity contribution in [2.75, 3.05) is 13.1 Å². The first-order valence-electron chi connectivity index (χ1n) is 5.83. The molecule has 1 aromatic rings. The average Bonchev–Trinajstić information content (AvgIpc) is 2.75. The maximum atomic E-state index is 12.3. The van der Waals surface area contributed by atoms with Crippen LogP contribution in [0.2, 0.25) is 0 Å². The van der Waals surface area contributed by atoms with E-state index in [4.69, 9.17) is 9.88 Å². The predicted molar refractivity (Wildman–Crippen MR) is 71.6 cm³/mol. The summed E-state index contributed by atoms with van der Waals surface area (Å²) in [6.45, 7) is 4.81. The molecule has 1 amide bonds. The van der Waals surface area contributed by atoms with Gasteiger partial charge < -0.3 is 9.64 Å². The highest BCUT2D eigenvalue weighted by Gasteiger charge is 2.27. The Kier molecular flexibility index (Phi) is 3.95. The number of carbonyl (C=O) groups excluding carboxylic acids is 1. The summed E-state index contributed by atoms with van der Waals surface area (Å²) in [4.78, 5) is 13.9. The van der Waals surface area contributed by atoms with Crippen LogP contribution in [0.15, 0.2) is 15.7 Å². The quantitative estimate of drug-likeness (QED) is 0.868. The number of amides is 1. The van der Waals surface area contributed by atoms with E-state index in [0.29, 0.717) is 18.7 Å². The third kappa shape index (κ3) is 3.33. The number of morpholine rings is 1. The molecule has 0 aromatic carbocycles. The largest absolute Gasteiger partial charge is 0.372 e. The van der Waals surface area contributed by atoms with Crippen LogP contribution in [0.5, 0.6) is 0 Å². The fraction of sp³-hybridized carbons (Fsp3) is 0.545. The van der Waals surface area contributed by atoms with E-state index in [0.717, 1.165) is 11.3 Å². The van der Waals surface area contributed by atoms with Gasteiger partial charge in [-0.2, -0.15) is 0 Å². The number of sulfonamides is 1. The summed E-state index contributed by atoms with van der Waals surface area (Å²) in [5.74, 6) is -0.187. The van der Waals surface area contributed by atoms with Crippen molar-refractivity contribution in [2.24, 2.45) is 5.14 Å². The van der Waals surface area contributed by atoms with Crippen LogP contribution in [0.25, 0.3) is 0 Å². The summed E-state index contributed by atoms with van der Waals surface area (Å²) in [6, 6.07) is 1.33. The zero-order chi connectivity index (χ0) is 14.2. The zero-order valence-electron chi connectivity index (χ0n) is 10.7. The molecule has 2 heterocycles. The predicted octanol–water partition coefficient (Wildman–Crippen LogP) is 0.645. The van der Waals surface area contributed by atoms with Crippen LogP contribution in [-0.4, -0.2) is 44.5 Å². The van der Waals surface area contributed by atoms with Crippen molar-refractivity contribution in [1.29, 1.82) is 0 Å². The molecule has 0 unspecified atom stereocenters. The zero-order valence-corrected chi connectivity index (χ0v) is 12.3. The molecule has 0 saturated carbocycles. The SMILES string of the molecule is C[C@@H]1CN(C(=O)c2csc(S(N)(=O)=O)c2)C[C@@H](C)O1. The van der Waals surface area contributed by atoms with Crippen LogP contribution in [0.3, 0.4) is 0 Å². The van der Waals surface area contributed by atoms with Gasteiger partial charge in [-0.15, -0.1) is 11.3 Å². The van der Waals surface area contributed by atoms with Gasteiger partial charge in [0.1, 0.15) is 4.21 Å². The van der Waals surface area contributed by atoms with Crippen LogP contribution in [0.1, 0.15) is 24.2 Å². The molecule has 1 aromatic heterocycles. The minimum Gasteiger partial charge on any atom is -0.372 e. The maximum Gasteiger partial charge on any atom is 0.254 e. The molecular weight excluding hydrogens is 288 g/mol. The number of rotatable bonds is 2. The Bertz CT molecular complexity index is 571. The number of ether oxygens (including phenoxy) is 1. The standard InChI is InChI=1S/C11H16N2O4S2/c1-7-4-13(5-8(2)17-7)11(14)9-3-10(18-6-9)19(12,15)16/h3,6-8H,4-5H2,1-2H3,(H2,12,15,16)/t7-,8-/m1/s1. The molecule has 2 rings (SSSR count). The second-order valence-electron chi connectivity index (χ2n) is 4.67. The first-order chi connectivity index (χ1) is 8.77. The van der Waals surface area contributed by atoms with Gasteiger partial charge in [-0.25, -0.2) is 13.6 Å². The summed E-state index contributed by atoms with van der Waals surface area (Å²) < 4.78 is 27.9. The van der Waals surface area contributed by atoms with Crippen molar-refractivity contribution < 1.29 is 17.9 Å². The molecule has 0 bridgehead atoms. The topological polar surface area (TPSA) is 89.7 Å². The number of nitrogens with two attached hydrogens (primary N) is 1. The second kappa shape index (κ2) is 5.20. The summed E-state index contributed by atoms with van der Waals surface area (Å²) in [5.41, 5.74) is 0.357. The van der Waals surface area contributed by atoms with E-state index in [1.807, 2.05) is 13.8 Å². The van der Waals surface area contributed by atoms with Gasteiger partial charge in [0, 0.05) is 18.5 Å². The van der Waals surface area contributed by atoms with E-state index < -0.39 is 10.0 Å². The van der Waals surface area contributed by atoms with Crippen molar-refractivity contribution >= 4 is 27.3 Å². The minimum atomic E-state index is -3.74. The molecule has 1 saturated heterocycles. The molecule has 1 fully saturated rings. The van der Waals surface area contributed by atoms with Gasteiger partial charge in [-0.05, 0) is 19.9 Å². The number of hydrogen-bond donors (Lipinski definition) is 1. The molecule has 0 spiro atoms. The van der Waals surface area contributed by atoms with Gasteiger partial charge in [-0.3, -0.25) is 4.79 Å². The lowest BCUT2D eigenvalue weighted by Gasteiger charge is -2.35. The molecule has 2 N–H and O–H groups in total. The van der Waals surface area contributed by atoms with E-state index in [1.54, 1.807) is 4.90 Å². The van der Waals surface area contributed by atoms with Crippen molar-refractivity contribution in [1.82, 2.24) is 4.90 Å². The van der Waals surface area contributed by atoms with Gasteiger partial charge >= 0.3 is 0 Å². The average molecular weight is 304 g/mol. The van der Waals surface area contributed by atoms with Crippen LogP contribution in [0, 0.1) is 0 Å². The minimum absolute atomic E-state index is 0.00482. The van der Waals surface area contributed by atoms with Gasteiger partial charge in [-0.1, -0.05) is 0 Å². The number of primary sulfonamides is 1. The van der Waals surface area contributed by atoms with Crippen molar-refractivity contribution in [2.45, 2.75) is 30.3 Å². The summed E-state index contributed by atoms with van der Waals surface area (Å²) in [5, 5.41) is 6.55. The molecule has 0 radical (unpaired) electrons. The smallest absolute Gasteiger partial charge is 0.254 e. The Labute approximate surface area is 116 Å². The first-order valence-corrected chi connectivity index (χ1v) is 8.26. The van der Waals surface area contributed by atoms with Gasteiger partial charge in [0.05, 0.1) is 17.8 Å². The molecular formula is C11H16N2O4S2. The monoisotopic (exact) mass is 304 g/mol. The Balaban J connectivity index is 2.18. The summed E-state index contributed by atoms with van der Waals surface area (Å²) in [6.07, 6.45) is -0.0481. The summed E-state index contributed by atoms with van der Waals surface area (Å²) in [7, 11) is -3.74. The first kappa shape index (κ1) is 14.4. The van der Waals surface area contributed by atoms with Gasteiger partial charge in [0.15, 0.2) is 0 Å². The highest BCUT2D eigenvalue weighted by molar-refractivity contribution is 7.91. The fourth-order valence-electron chi connectivity index (χ4n) is 2.10. The number of nitrogens with zero attached hydrogens (tertiary/aromatic N) is 1. The fourth-order valence-corrected chi connectivity index (χ4v) is 3.68. The van der Waals surface area contributed by atoms with Crippen LogP contribution < -0.4 is 5.14 Å². The van der Waals surface area contributed by atoms with E-state index in [2.05, 4.69) is 0 Å². The molecule has 1 aliphatic heterocycles. The lowest BCUT2D eigenvalue weighted by atomic mass is 10.2. The molecule has 2 atom stereocenters. The third-order valence-electron chi connectivity index (χ3n) is 2.81. The lowest BCUT2D eigenvalue weighted by Crippen LogP contribution is -2.48. The molecule has 19 heavy (non-hydrogen) atoms. The third-order valence-corrected chi connectivity index (χ3v) is 5.20. The Hall–Kier alpha value is -0.960. The van der Waals surface area contributed by atoms with Crippen molar-refractivity contribution in [3.05, 3.63) is 17.0 Å². The normalized spacial score (nSPS) is 24.5. The Morgan fingerprint density at radius 1 is 1.42 bits per heavy atom. The van der Waals surface area contributed by atoms with Crippen molar-refractivity contribution in [3.63, 3.8) is 0 Å². The van der Waals surface area contributed by atoms with Crippen molar-refractivity contribution in [3.8, 4) is 0 Å². The number of thiophene rings is 1. The number of carbonyl (C=O) groups is 1. The summed E-state index contributed by atoms with van der Waals surface area (Å²) >= 11 is 0.959. The second-order valence-corrected chi connectivity index (χ2v) is 7.37. The lowest BCUT2D eigenvalue weighted by molar-refractivity contribution is -0.0586. The highest BCUT2D eigenvalue weighted by atomic mass is 32.2. The van der Waals surface area contributed by atoms with Gasteiger partial charge in [0.2, 0.25) is 10.0 Å². The van der Waals surface area contributed by atoms with Gasteiger partial charge in [0.25, 0.3) is 5.91 Å². The molecule has 6 nitrogen and oxygen atoms in total. The van der Waals surface area contributed by atoms with Crippen LogP contribution in [0.4, 0.5) is 0 Å². The van der Waals surface area contributed by atoms with Crippen LogP contribution in [-0.2, 0) is 14.8 Å². The van der Waals surface area contributed by atoms with E-state index in [1.165, 1.54) is 11.4 Å². The van der Waals surface area contributed by atoms with E-state index >= 15 is 0 Å². The molecule has 8 heteroatoms. The van der Waals surface area contributed by atoms with Crippen LogP contribution >= 0.6 is 11.3 Å².